The summed E-state index contributed by atoms with van der Waals surface area (Å²) in [5, 5.41) is 2.84. The number of nitrogens with zero attached hydrogens (tertiary/aromatic N) is 1. The van der Waals surface area contributed by atoms with Crippen LogP contribution in [0.1, 0.15) is 36.0 Å². The second-order valence-electron chi connectivity index (χ2n) is 9.81. The highest BCUT2D eigenvalue weighted by Gasteiger charge is 2.54. The predicted molar refractivity (Wildman–Crippen MR) is 134 cm³/mol. The molecule has 0 aromatic heterocycles. The molecule has 1 N–H and O–H groups in total. The largest absolute Gasteiger partial charge is 0.489 e. The first-order valence-electron chi connectivity index (χ1n) is 12.5. The SMILES string of the molecule is O=C(NCc1cccc(OCc2ccc(C(F)(F)F)cc2)c1)[C@@H]1[C@H]2CC[C@H](C2)N1S(=O)(=O)c1ccc(F)cc1. The van der Waals surface area contributed by atoms with Crippen molar-refractivity contribution in [1.29, 1.82) is 0 Å². The molecule has 1 saturated heterocycles. The van der Waals surface area contributed by atoms with E-state index in [4.69, 9.17) is 4.74 Å². The number of alkyl halides is 3. The summed E-state index contributed by atoms with van der Waals surface area (Å²) >= 11 is 0. The number of hydrogen-bond donors (Lipinski definition) is 1. The molecule has 1 amide bonds. The Hall–Kier alpha value is -3.44. The average molecular weight is 563 g/mol. The number of sulfonamides is 1. The van der Waals surface area contributed by atoms with Gasteiger partial charge in [0.2, 0.25) is 15.9 Å². The zero-order chi connectivity index (χ0) is 27.8. The van der Waals surface area contributed by atoms with Crippen molar-refractivity contribution in [2.75, 3.05) is 0 Å². The maximum absolute atomic E-state index is 13.4. The van der Waals surface area contributed by atoms with Crippen LogP contribution in [0, 0.1) is 11.7 Å². The lowest BCUT2D eigenvalue weighted by atomic mass is 9.99. The third-order valence-corrected chi connectivity index (χ3v) is 9.18. The van der Waals surface area contributed by atoms with Crippen LogP contribution >= 0.6 is 0 Å². The number of amides is 1. The van der Waals surface area contributed by atoms with Crippen LogP contribution in [0.4, 0.5) is 17.6 Å². The van der Waals surface area contributed by atoms with E-state index in [1.54, 1.807) is 24.3 Å². The Labute approximate surface area is 223 Å². The van der Waals surface area contributed by atoms with Crippen LogP contribution in [-0.4, -0.2) is 30.7 Å². The third-order valence-electron chi connectivity index (χ3n) is 7.24. The maximum Gasteiger partial charge on any atom is 0.416 e. The lowest BCUT2D eigenvalue weighted by Gasteiger charge is -2.33. The fourth-order valence-corrected chi connectivity index (χ4v) is 7.22. The molecule has 5 rings (SSSR count). The minimum atomic E-state index is -4.40. The number of rotatable bonds is 8. The monoisotopic (exact) mass is 562 g/mol. The minimum absolute atomic E-state index is 0.0489. The van der Waals surface area contributed by atoms with E-state index >= 15 is 0 Å². The summed E-state index contributed by atoms with van der Waals surface area (Å²) in [5.41, 5.74) is 0.549. The summed E-state index contributed by atoms with van der Waals surface area (Å²) in [6.45, 7) is 0.198. The molecule has 2 bridgehead atoms. The van der Waals surface area contributed by atoms with Crippen molar-refractivity contribution in [3.8, 4) is 5.75 Å². The molecule has 0 unspecified atom stereocenters. The van der Waals surface area contributed by atoms with Gasteiger partial charge in [-0.05, 0) is 84.8 Å². The second-order valence-corrected chi connectivity index (χ2v) is 11.7. The van der Waals surface area contributed by atoms with E-state index in [0.717, 1.165) is 30.7 Å². The Morgan fingerprint density at radius 3 is 2.38 bits per heavy atom. The minimum Gasteiger partial charge on any atom is -0.489 e. The van der Waals surface area contributed by atoms with Crippen LogP contribution < -0.4 is 10.1 Å². The van der Waals surface area contributed by atoms with E-state index in [1.165, 1.54) is 28.6 Å². The molecule has 3 aromatic rings. The average Bonchev–Trinajstić information content (AvgIpc) is 3.53. The lowest BCUT2D eigenvalue weighted by Crippen LogP contribution is -2.52. The fraction of sp³-hybridized carbons (Fsp3) is 0.321. The molecular weight excluding hydrogens is 536 g/mol. The molecule has 1 aliphatic carbocycles. The van der Waals surface area contributed by atoms with E-state index in [9.17, 15) is 30.8 Å². The van der Waals surface area contributed by atoms with E-state index in [-0.39, 0.29) is 30.0 Å². The summed E-state index contributed by atoms with van der Waals surface area (Å²) < 4.78 is 85.4. The predicted octanol–water partition coefficient (Wildman–Crippen LogP) is 5.28. The van der Waals surface area contributed by atoms with Crippen molar-refractivity contribution < 1.29 is 35.5 Å². The quantitative estimate of drug-likeness (QED) is 0.379. The van der Waals surface area contributed by atoms with Gasteiger partial charge in [-0.2, -0.15) is 17.5 Å². The topological polar surface area (TPSA) is 75.7 Å². The number of piperidine rings is 1. The third kappa shape index (κ3) is 5.79. The highest BCUT2D eigenvalue weighted by atomic mass is 32.2. The Balaban J connectivity index is 1.22. The van der Waals surface area contributed by atoms with Crippen molar-refractivity contribution in [1.82, 2.24) is 9.62 Å². The highest BCUT2D eigenvalue weighted by molar-refractivity contribution is 7.89. The van der Waals surface area contributed by atoms with Gasteiger partial charge in [0, 0.05) is 12.6 Å². The molecule has 1 heterocycles. The maximum atomic E-state index is 13.4. The first kappa shape index (κ1) is 27.1. The van der Waals surface area contributed by atoms with Gasteiger partial charge >= 0.3 is 6.18 Å². The summed E-state index contributed by atoms with van der Waals surface area (Å²) in [6.07, 6.45) is -2.37. The van der Waals surface area contributed by atoms with Crippen molar-refractivity contribution in [3.05, 3.63) is 95.3 Å². The van der Waals surface area contributed by atoms with Crippen LogP contribution in [0.2, 0.25) is 0 Å². The number of benzene rings is 3. The van der Waals surface area contributed by atoms with Gasteiger partial charge in [0.1, 0.15) is 24.2 Å². The van der Waals surface area contributed by atoms with Crippen LogP contribution in [0.15, 0.2) is 77.7 Å². The molecule has 11 heteroatoms. The van der Waals surface area contributed by atoms with Gasteiger partial charge < -0.3 is 10.1 Å². The first-order valence-corrected chi connectivity index (χ1v) is 13.9. The van der Waals surface area contributed by atoms with Crippen molar-refractivity contribution in [2.24, 2.45) is 5.92 Å². The molecule has 2 aliphatic rings. The number of halogens is 4. The molecule has 2 fully saturated rings. The van der Waals surface area contributed by atoms with Gasteiger partial charge in [-0.1, -0.05) is 24.3 Å². The first-order chi connectivity index (χ1) is 18.5. The molecule has 0 spiro atoms. The normalized spacial score (nSPS) is 21.2. The zero-order valence-corrected chi connectivity index (χ0v) is 21.5. The van der Waals surface area contributed by atoms with E-state index in [2.05, 4.69) is 5.32 Å². The summed E-state index contributed by atoms with van der Waals surface area (Å²) in [5.74, 6) is -0.563. The van der Waals surface area contributed by atoms with E-state index < -0.39 is 39.5 Å². The van der Waals surface area contributed by atoms with Gasteiger partial charge in [0.25, 0.3) is 0 Å². The van der Waals surface area contributed by atoms with Crippen molar-refractivity contribution >= 4 is 15.9 Å². The number of fused-ring (bicyclic) bond motifs is 2. The van der Waals surface area contributed by atoms with Crippen LogP contribution in [0.3, 0.4) is 0 Å². The number of hydrogen-bond acceptors (Lipinski definition) is 4. The molecular formula is C28H26F4N2O4S. The smallest absolute Gasteiger partial charge is 0.416 e. The van der Waals surface area contributed by atoms with Gasteiger partial charge in [0.05, 0.1) is 10.5 Å². The number of carbonyl (C=O) groups excluding carboxylic acids is 1. The van der Waals surface area contributed by atoms with E-state index in [1.807, 2.05) is 0 Å². The van der Waals surface area contributed by atoms with Crippen LogP contribution in [0.5, 0.6) is 5.75 Å². The molecule has 3 aromatic carbocycles. The molecule has 1 saturated carbocycles. The Bertz CT molecular complexity index is 1440. The number of carbonyl (C=O) groups is 1. The Kier molecular flexibility index (Phi) is 7.39. The zero-order valence-electron chi connectivity index (χ0n) is 20.7. The molecule has 0 radical (unpaired) electrons. The fourth-order valence-electron chi connectivity index (χ4n) is 5.34. The van der Waals surface area contributed by atoms with Gasteiger partial charge in [0.15, 0.2) is 0 Å². The van der Waals surface area contributed by atoms with Gasteiger partial charge in [-0.15, -0.1) is 0 Å². The van der Waals surface area contributed by atoms with Crippen LogP contribution in [0.25, 0.3) is 0 Å². The Morgan fingerprint density at radius 2 is 1.69 bits per heavy atom. The summed E-state index contributed by atoms with van der Waals surface area (Å²) in [6, 6.07) is 15.1. The number of nitrogens with one attached hydrogen (secondary N) is 1. The molecule has 6 nitrogen and oxygen atoms in total. The van der Waals surface area contributed by atoms with E-state index in [0.29, 0.717) is 29.7 Å². The molecule has 1 aliphatic heterocycles. The Morgan fingerprint density at radius 1 is 0.974 bits per heavy atom. The molecule has 39 heavy (non-hydrogen) atoms. The second kappa shape index (κ2) is 10.6. The highest BCUT2D eigenvalue weighted by Crippen LogP contribution is 2.45. The summed E-state index contributed by atoms with van der Waals surface area (Å²) in [7, 11) is -3.99. The molecule has 3 atom stereocenters. The van der Waals surface area contributed by atoms with Gasteiger partial charge in [-0.25, -0.2) is 12.8 Å². The number of ether oxygens (including phenoxy) is 1. The molecule has 206 valence electrons. The van der Waals surface area contributed by atoms with Crippen LogP contribution in [-0.2, 0) is 34.1 Å². The van der Waals surface area contributed by atoms with Gasteiger partial charge in [-0.3, -0.25) is 4.79 Å². The van der Waals surface area contributed by atoms with Crippen molar-refractivity contribution in [2.45, 2.75) is 55.6 Å². The summed E-state index contributed by atoms with van der Waals surface area (Å²) in [4.78, 5) is 13.2. The van der Waals surface area contributed by atoms with Crippen molar-refractivity contribution in [3.63, 3.8) is 0 Å². The standard InChI is InChI=1S/C28H26F4N2O4S/c29-22-9-12-25(13-10-22)39(36,37)34-23-11-6-20(15-23)26(34)27(35)33-16-19-2-1-3-24(14-19)38-17-18-4-7-21(8-5-18)28(30,31)32/h1-5,7-10,12-14,20,23,26H,6,11,15-17H2,(H,33,35)/t20-,23+,26-/m0/s1. The lowest BCUT2D eigenvalue weighted by molar-refractivity contribution is -0.137.